The van der Waals surface area contributed by atoms with Crippen molar-refractivity contribution in [3.8, 4) is 0 Å². The highest BCUT2D eigenvalue weighted by Gasteiger charge is 2.17. The number of guanidine groups is 1. The zero-order valence-corrected chi connectivity index (χ0v) is 18.3. The molecule has 0 spiro atoms. The summed E-state index contributed by atoms with van der Waals surface area (Å²) in [7, 11) is 0. The van der Waals surface area contributed by atoms with Crippen LogP contribution in [0.5, 0.6) is 0 Å². The minimum absolute atomic E-state index is 0.715. The number of nitrogens with zero attached hydrogens (tertiary/aromatic N) is 3. The molecular formula is C23H39N5O. The molecular weight excluding hydrogens is 362 g/mol. The number of piperidine rings is 1. The molecule has 0 radical (unpaired) electrons. The van der Waals surface area contributed by atoms with E-state index in [9.17, 15) is 0 Å². The van der Waals surface area contributed by atoms with Crippen molar-refractivity contribution in [2.24, 2.45) is 10.9 Å². The summed E-state index contributed by atoms with van der Waals surface area (Å²) >= 11 is 0. The van der Waals surface area contributed by atoms with Gasteiger partial charge in [0.2, 0.25) is 0 Å². The average Bonchev–Trinajstić information content (AvgIpc) is 2.74. The van der Waals surface area contributed by atoms with E-state index in [0.29, 0.717) is 6.54 Å². The smallest absolute Gasteiger partial charge is 0.191 e. The van der Waals surface area contributed by atoms with Crippen LogP contribution in [0.4, 0.5) is 0 Å². The zero-order chi connectivity index (χ0) is 20.3. The van der Waals surface area contributed by atoms with Crippen LogP contribution >= 0.6 is 0 Å². The molecule has 2 N–H and O–H groups in total. The number of hydrogen-bond donors (Lipinski definition) is 2. The van der Waals surface area contributed by atoms with Crippen LogP contribution in [0.3, 0.4) is 0 Å². The second-order valence-electron chi connectivity index (χ2n) is 8.33. The monoisotopic (exact) mass is 401 g/mol. The lowest BCUT2D eigenvalue weighted by Gasteiger charge is -2.31. The molecule has 0 aromatic heterocycles. The zero-order valence-electron chi connectivity index (χ0n) is 18.3. The third kappa shape index (κ3) is 7.61. The second-order valence-corrected chi connectivity index (χ2v) is 8.33. The maximum Gasteiger partial charge on any atom is 0.191 e. The summed E-state index contributed by atoms with van der Waals surface area (Å²) in [4.78, 5) is 9.91. The van der Waals surface area contributed by atoms with Crippen molar-refractivity contribution in [1.82, 2.24) is 20.4 Å². The van der Waals surface area contributed by atoms with Crippen LogP contribution < -0.4 is 10.6 Å². The number of rotatable bonds is 8. The first kappa shape index (κ1) is 22.1. The van der Waals surface area contributed by atoms with Crippen molar-refractivity contribution in [3.63, 3.8) is 0 Å². The predicted molar refractivity (Wildman–Crippen MR) is 120 cm³/mol. The van der Waals surface area contributed by atoms with E-state index in [1.807, 2.05) is 0 Å². The molecule has 1 unspecified atom stereocenters. The molecule has 0 aliphatic carbocycles. The van der Waals surface area contributed by atoms with Gasteiger partial charge in [0.15, 0.2) is 5.96 Å². The van der Waals surface area contributed by atoms with Gasteiger partial charge in [-0.05, 0) is 43.4 Å². The Kier molecular flexibility index (Phi) is 9.25. The van der Waals surface area contributed by atoms with Gasteiger partial charge in [0.25, 0.3) is 0 Å². The largest absolute Gasteiger partial charge is 0.379 e. The fourth-order valence-corrected chi connectivity index (χ4v) is 4.20. The Morgan fingerprint density at radius 2 is 1.90 bits per heavy atom. The van der Waals surface area contributed by atoms with Gasteiger partial charge >= 0.3 is 0 Å². The lowest BCUT2D eigenvalue weighted by atomic mass is 9.99. The fourth-order valence-electron chi connectivity index (χ4n) is 4.20. The highest BCUT2D eigenvalue weighted by Crippen LogP contribution is 2.20. The van der Waals surface area contributed by atoms with Gasteiger partial charge in [0.05, 0.1) is 19.8 Å². The Morgan fingerprint density at radius 3 is 2.66 bits per heavy atom. The minimum atomic E-state index is 0.715. The van der Waals surface area contributed by atoms with Crippen molar-refractivity contribution in [1.29, 1.82) is 0 Å². The highest BCUT2D eigenvalue weighted by molar-refractivity contribution is 5.79. The molecule has 1 aromatic carbocycles. The number of morpholine rings is 1. The van der Waals surface area contributed by atoms with E-state index in [4.69, 9.17) is 9.73 Å². The SMILES string of the molecule is CCNC(=NCc1ccccc1CN1CCCC(C)C1)NCCN1CCOCC1. The minimum Gasteiger partial charge on any atom is -0.379 e. The van der Waals surface area contributed by atoms with Crippen LogP contribution in [0.2, 0.25) is 0 Å². The molecule has 6 nitrogen and oxygen atoms in total. The number of nitrogens with one attached hydrogen (secondary N) is 2. The molecule has 29 heavy (non-hydrogen) atoms. The number of aliphatic imine (C=N–C) groups is 1. The lowest BCUT2D eigenvalue weighted by Crippen LogP contribution is -2.44. The number of benzene rings is 1. The maximum atomic E-state index is 5.42. The van der Waals surface area contributed by atoms with E-state index < -0.39 is 0 Å². The van der Waals surface area contributed by atoms with Gasteiger partial charge in [-0.15, -0.1) is 0 Å². The molecule has 1 aromatic rings. The van der Waals surface area contributed by atoms with E-state index in [1.54, 1.807) is 0 Å². The van der Waals surface area contributed by atoms with E-state index in [0.717, 1.165) is 64.4 Å². The molecule has 0 amide bonds. The molecule has 2 saturated heterocycles. The second kappa shape index (κ2) is 12.2. The van der Waals surface area contributed by atoms with Crippen molar-refractivity contribution in [2.45, 2.75) is 39.8 Å². The number of likely N-dealkylation sites (tertiary alicyclic amines) is 1. The number of hydrogen-bond acceptors (Lipinski definition) is 4. The molecule has 3 rings (SSSR count). The van der Waals surface area contributed by atoms with Crippen LogP contribution in [0.1, 0.15) is 37.8 Å². The predicted octanol–water partition coefficient (Wildman–Crippen LogP) is 2.31. The van der Waals surface area contributed by atoms with Gasteiger partial charge in [-0.1, -0.05) is 31.2 Å². The quantitative estimate of drug-likeness (QED) is 0.517. The molecule has 0 bridgehead atoms. The summed E-state index contributed by atoms with van der Waals surface area (Å²) in [6, 6.07) is 8.78. The third-order valence-electron chi connectivity index (χ3n) is 5.83. The standard InChI is InChI=1S/C23H39N5O/c1-3-24-23(25-10-12-27-13-15-29-16-14-27)26-17-21-8-4-5-9-22(21)19-28-11-6-7-20(2)18-28/h4-5,8-9,20H,3,6-7,10-19H2,1-2H3,(H2,24,25,26). The van der Waals surface area contributed by atoms with Crippen molar-refractivity contribution in [3.05, 3.63) is 35.4 Å². The highest BCUT2D eigenvalue weighted by atomic mass is 16.5. The van der Waals surface area contributed by atoms with Gasteiger partial charge in [-0.25, -0.2) is 4.99 Å². The summed E-state index contributed by atoms with van der Waals surface area (Å²) in [5, 5.41) is 6.87. The first-order valence-corrected chi connectivity index (χ1v) is 11.4. The maximum absolute atomic E-state index is 5.42. The van der Waals surface area contributed by atoms with Gasteiger partial charge in [0.1, 0.15) is 0 Å². The van der Waals surface area contributed by atoms with E-state index in [1.165, 1.54) is 37.1 Å². The normalized spacial score (nSPS) is 21.9. The molecule has 162 valence electrons. The molecule has 2 aliphatic rings. The number of ether oxygens (including phenoxy) is 1. The Balaban J connectivity index is 1.54. The van der Waals surface area contributed by atoms with Crippen LogP contribution in [0, 0.1) is 5.92 Å². The van der Waals surface area contributed by atoms with Gasteiger partial charge < -0.3 is 15.4 Å². The van der Waals surface area contributed by atoms with Crippen molar-refractivity contribution < 1.29 is 4.74 Å². The first-order valence-electron chi connectivity index (χ1n) is 11.4. The summed E-state index contributed by atoms with van der Waals surface area (Å²) in [6.45, 7) is 15.2. The van der Waals surface area contributed by atoms with Crippen LogP contribution in [0.25, 0.3) is 0 Å². The van der Waals surface area contributed by atoms with Crippen molar-refractivity contribution in [2.75, 3.05) is 59.0 Å². The molecule has 0 saturated carbocycles. The summed E-state index contributed by atoms with van der Waals surface area (Å²) in [5.74, 6) is 1.71. The molecule has 2 fully saturated rings. The topological polar surface area (TPSA) is 52.1 Å². The Bertz CT molecular complexity index is 629. The molecule has 2 heterocycles. The van der Waals surface area contributed by atoms with Gasteiger partial charge in [0, 0.05) is 45.8 Å². The fraction of sp³-hybridized carbons (Fsp3) is 0.696. The summed E-state index contributed by atoms with van der Waals surface area (Å²) in [5.41, 5.74) is 2.74. The Morgan fingerprint density at radius 1 is 1.10 bits per heavy atom. The first-order chi connectivity index (χ1) is 14.2. The van der Waals surface area contributed by atoms with Gasteiger partial charge in [-0.2, -0.15) is 0 Å². The summed E-state index contributed by atoms with van der Waals surface area (Å²) in [6.07, 6.45) is 2.68. The van der Waals surface area contributed by atoms with E-state index >= 15 is 0 Å². The molecule has 1 atom stereocenters. The van der Waals surface area contributed by atoms with Crippen LogP contribution in [0.15, 0.2) is 29.3 Å². The summed E-state index contributed by atoms with van der Waals surface area (Å²) < 4.78 is 5.42. The molecule has 2 aliphatic heterocycles. The van der Waals surface area contributed by atoms with Crippen LogP contribution in [-0.2, 0) is 17.8 Å². The molecule has 6 heteroatoms. The van der Waals surface area contributed by atoms with E-state index in [2.05, 4.69) is 58.5 Å². The van der Waals surface area contributed by atoms with Crippen molar-refractivity contribution >= 4 is 5.96 Å². The van der Waals surface area contributed by atoms with E-state index in [-0.39, 0.29) is 0 Å². The Labute approximate surface area is 176 Å². The average molecular weight is 402 g/mol. The third-order valence-corrected chi connectivity index (χ3v) is 5.83. The Hall–Kier alpha value is -1.63. The van der Waals surface area contributed by atoms with Gasteiger partial charge in [-0.3, -0.25) is 9.80 Å². The lowest BCUT2D eigenvalue weighted by molar-refractivity contribution is 0.0389. The van der Waals surface area contributed by atoms with Crippen LogP contribution in [-0.4, -0.2) is 74.8 Å².